The number of rotatable bonds is 2. The molecule has 1 aliphatic heterocycles. The fourth-order valence-corrected chi connectivity index (χ4v) is 4.25. The van der Waals surface area contributed by atoms with Crippen molar-refractivity contribution in [3.8, 4) is 0 Å². The lowest BCUT2D eigenvalue weighted by Gasteiger charge is -2.41. The molecule has 0 bridgehead atoms. The van der Waals surface area contributed by atoms with Crippen molar-refractivity contribution in [2.45, 2.75) is 84.3 Å². The lowest BCUT2D eigenvalue weighted by Crippen LogP contribution is -2.48. The highest BCUT2D eigenvalue weighted by atomic mass is 15.2. The van der Waals surface area contributed by atoms with Gasteiger partial charge in [0.2, 0.25) is 0 Å². The van der Waals surface area contributed by atoms with Crippen LogP contribution in [0.3, 0.4) is 0 Å². The van der Waals surface area contributed by atoms with Gasteiger partial charge < -0.3 is 10.2 Å². The van der Waals surface area contributed by atoms with Crippen LogP contribution >= 0.6 is 0 Å². The maximum atomic E-state index is 3.78. The van der Waals surface area contributed by atoms with Gasteiger partial charge in [-0.2, -0.15) is 0 Å². The van der Waals surface area contributed by atoms with Crippen LogP contribution in [0.4, 0.5) is 0 Å². The van der Waals surface area contributed by atoms with E-state index in [1.54, 1.807) is 0 Å². The van der Waals surface area contributed by atoms with Crippen molar-refractivity contribution < 1.29 is 0 Å². The molecule has 4 atom stereocenters. The number of hydrogen-bond acceptors (Lipinski definition) is 2. The smallest absolute Gasteiger partial charge is 0.0100 e. The van der Waals surface area contributed by atoms with Crippen molar-refractivity contribution in [2.24, 2.45) is 11.8 Å². The van der Waals surface area contributed by atoms with Gasteiger partial charge in [-0.05, 0) is 70.4 Å². The first-order valence-electron chi connectivity index (χ1n) is 8.58. The van der Waals surface area contributed by atoms with Crippen molar-refractivity contribution in [1.29, 1.82) is 0 Å². The van der Waals surface area contributed by atoms with Gasteiger partial charge in [-0.1, -0.05) is 20.8 Å². The normalized spacial score (nSPS) is 42.6. The number of nitrogens with one attached hydrogen (secondary N) is 1. The first kappa shape index (κ1) is 15.3. The Morgan fingerprint density at radius 3 is 2.21 bits per heavy atom. The third-order valence-corrected chi connectivity index (χ3v) is 5.30. The molecule has 19 heavy (non-hydrogen) atoms. The molecular formula is C17H34N2. The van der Waals surface area contributed by atoms with E-state index in [0.717, 1.165) is 23.9 Å². The van der Waals surface area contributed by atoms with E-state index in [1.807, 2.05) is 0 Å². The van der Waals surface area contributed by atoms with Crippen LogP contribution in [0, 0.1) is 11.8 Å². The van der Waals surface area contributed by atoms with Gasteiger partial charge in [0, 0.05) is 18.1 Å². The van der Waals surface area contributed by atoms with Gasteiger partial charge in [-0.15, -0.1) is 0 Å². The average Bonchev–Trinajstić information content (AvgIpc) is 2.32. The summed E-state index contributed by atoms with van der Waals surface area (Å²) in [6, 6.07) is 2.28. The predicted octanol–water partition coefficient (Wildman–Crippen LogP) is 3.66. The van der Waals surface area contributed by atoms with Crippen LogP contribution in [-0.2, 0) is 0 Å². The van der Waals surface area contributed by atoms with E-state index in [0.29, 0.717) is 6.04 Å². The lowest BCUT2D eigenvalue weighted by atomic mass is 9.79. The minimum atomic E-state index is 0.686. The van der Waals surface area contributed by atoms with Crippen LogP contribution in [0.15, 0.2) is 0 Å². The van der Waals surface area contributed by atoms with Gasteiger partial charge in [0.25, 0.3) is 0 Å². The topological polar surface area (TPSA) is 15.3 Å². The largest absolute Gasteiger partial charge is 0.311 e. The molecule has 1 N–H and O–H groups in total. The quantitative estimate of drug-likeness (QED) is 0.820. The van der Waals surface area contributed by atoms with Crippen molar-refractivity contribution in [3.05, 3.63) is 0 Å². The second kappa shape index (κ2) is 7.08. The SMILES string of the molecule is CCC1CCN(C2CC(C)CC(C)C2)CCC(C)N1. The van der Waals surface area contributed by atoms with Gasteiger partial charge in [0.05, 0.1) is 0 Å². The molecule has 2 fully saturated rings. The molecule has 1 heterocycles. The highest BCUT2D eigenvalue weighted by Gasteiger charge is 2.29. The number of nitrogens with zero attached hydrogens (tertiary/aromatic N) is 1. The molecular weight excluding hydrogens is 232 g/mol. The predicted molar refractivity (Wildman–Crippen MR) is 83.5 cm³/mol. The van der Waals surface area contributed by atoms with Gasteiger partial charge in [0.1, 0.15) is 0 Å². The molecule has 4 unspecified atom stereocenters. The standard InChI is InChI=1S/C17H34N2/c1-5-16-7-9-19(8-6-15(4)18-16)17-11-13(2)10-14(3)12-17/h13-18H,5-12H2,1-4H3. The maximum absolute atomic E-state index is 3.78. The summed E-state index contributed by atoms with van der Waals surface area (Å²) >= 11 is 0. The Kier molecular flexibility index (Phi) is 5.70. The lowest BCUT2D eigenvalue weighted by molar-refractivity contribution is 0.0925. The van der Waals surface area contributed by atoms with Gasteiger partial charge in [-0.25, -0.2) is 0 Å². The third kappa shape index (κ3) is 4.46. The third-order valence-electron chi connectivity index (χ3n) is 5.30. The average molecular weight is 266 g/mol. The molecule has 2 heteroatoms. The molecule has 0 aromatic heterocycles. The van der Waals surface area contributed by atoms with Gasteiger partial charge in [-0.3, -0.25) is 0 Å². The van der Waals surface area contributed by atoms with Crippen LogP contribution in [0.2, 0.25) is 0 Å². The number of hydrogen-bond donors (Lipinski definition) is 1. The minimum Gasteiger partial charge on any atom is -0.311 e. The van der Waals surface area contributed by atoms with E-state index in [1.165, 1.54) is 51.6 Å². The maximum Gasteiger partial charge on any atom is 0.0100 e. The second-order valence-corrected chi connectivity index (χ2v) is 7.36. The molecule has 0 aromatic rings. The summed E-state index contributed by atoms with van der Waals surface area (Å²) in [6.07, 6.45) is 8.23. The van der Waals surface area contributed by atoms with Crippen LogP contribution in [-0.4, -0.2) is 36.1 Å². The van der Waals surface area contributed by atoms with Crippen molar-refractivity contribution in [3.63, 3.8) is 0 Å². The fourth-order valence-electron chi connectivity index (χ4n) is 4.25. The highest BCUT2D eigenvalue weighted by Crippen LogP contribution is 2.32. The van der Waals surface area contributed by atoms with E-state index < -0.39 is 0 Å². The van der Waals surface area contributed by atoms with Crippen LogP contribution in [0.25, 0.3) is 0 Å². The van der Waals surface area contributed by atoms with Crippen molar-refractivity contribution in [1.82, 2.24) is 10.2 Å². The van der Waals surface area contributed by atoms with E-state index in [9.17, 15) is 0 Å². The Hall–Kier alpha value is -0.0800. The zero-order chi connectivity index (χ0) is 13.8. The first-order valence-corrected chi connectivity index (χ1v) is 8.58. The molecule has 1 aliphatic carbocycles. The summed E-state index contributed by atoms with van der Waals surface area (Å²) in [4.78, 5) is 2.83. The fraction of sp³-hybridized carbons (Fsp3) is 1.00. The molecule has 2 aliphatic rings. The molecule has 112 valence electrons. The molecule has 0 aromatic carbocycles. The highest BCUT2D eigenvalue weighted by molar-refractivity contribution is 4.85. The molecule has 0 radical (unpaired) electrons. The Bertz CT molecular complexity index is 256. The van der Waals surface area contributed by atoms with Crippen LogP contribution < -0.4 is 5.32 Å². The van der Waals surface area contributed by atoms with Gasteiger partial charge in [0.15, 0.2) is 0 Å². The molecule has 0 spiro atoms. The molecule has 2 rings (SSSR count). The Balaban J connectivity index is 1.94. The zero-order valence-corrected chi connectivity index (χ0v) is 13.5. The first-order chi connectivity index (χ1) is 9.08. The van der Waals surface area contributed by atoms with Gasteiger partial charge >= 0.3 is 0 Å². The van der Waals surface area contributed by atoms with E-state index in [-0.39, 0.29) is 0 Å². The minimum absolute atomic E-state index is 0.686. The Morgan fingerprint density at radius 1 is 0.947 bits per heavy atom. The molecule has 1 saturated carbocycles. The molecule has 2 nitrogen and oxygen atoms in total. The Labute approximate surface area is 120 Å². The molecule has 0 amide bonds. The summed E-state index contributed by atoms with van der Waals surface area (Å²) in [7, 11) is 0. The monoisotopic (exact) mass is 266 g/mol. The van der Waals surface area contributed by atoms with E-state index in [4.69, 9.17) is 0 Å². The summed E-state index contributed by atoms with van der Waals surface area (Å²) in [5, 5.41) is 3.78. The van der Waals surface area contributed by atoms with Crippen LogP contribution in [0.1, 0.15) is 66.2 Å². The molecule has 1 saturated heterocycles. The van der Waals surface area contributed by atoms with Crippen molar-refractivity contribution >= 4 is 0 Å². The Morgan fingerprint density at radius 2 is 1.58 bits per heavy atom. The summed E-state index contributed by atoms with van der Waals surface area (Å²) in [5.41, 5.74) is 0. The summed E-state index contributed by atoms with van der Waals surface area (Å²) < 4.78 is 0. The zero-order valence-electron chi connectivity index (χ0n) is 13.5. The summed E-state index contributed by atoms with van der Waals surface area (Å²) in [6.45, 7) is 12.2. The second-order valence-electron chi connectivity index (χ2n) is 7.36. The van der Waals surface area contributed by atoms with Crippen molar-refractivity contribution in [2.75, 3.05) is 13.1 Å². The van der Waals surface area contributed by atoms with E-state index >= 15 is 0 Å². The summed E-state index contributed by atoms with van der Waals surface area (Å²) in [5.74, 6) is 1.86. The van der Waals surface area contributed by atoms with Crippen LogP contribution in [0.5, 0.6) is 0 Å². The van der Waals surface area contributed by atoms with E-state index in [2.05, 4.69) is 37.9 Å².